The van der Waals surface area contributed by atoms with Gasteiger partial charge in [-0.25, -0.2) is 4.79 Å². The van der Waals surface area contributed by atoms with Crippen LogP contribution in [0.2, 0.25) is 0 Å². The molecule has 1 atom stereocenters. The fourth-order valence-corrected chi connectivity index (χ4v) is 5.21. The van der Waals surface area contributed by atoms with E-state index in [0.29, 0.717) is 17.5 Å². The molecular weight excluding hydrogens is 470 g/mol. The maximum absolute atomic E-state index is 13.2. The topological polar surface area (TPSA) is 104 Å². The lowest BCUT2D eigenvalue weighted by molar-refractivity contribution is -0.163. The van der Waals surface area contributed by atoms with Crippen molar-refractivity contribution in [2.75, 3.05) is 26.2 Å². The molecule has 1 aliphatic carbocycles. The molecule has 0 radical (unpaired) electrons. The van der Waals surface area contributed by atoms with Gasteiger partial charge in [0.1, 0.15) is 0 Å². The van der Waals surface area contributed by atoms with Crippen LogP contribution in [0.3, 0.4) is 0 Å². The smallest absolute Gasteiger partial charge is 0.347 e. The minimum atomic E-state index is -1.77. The largest absolute Gasteiger partial charge is 0.483 e. The zero-order valence-corrected chi connectivity index (χ0v) is 20.6. The van der Waals surface area contributed by atoms with Crippen molar-refractivity contribution in [2.24, 2.45) is 5.92 Å². The van der Waals surface area contributed by atoms with E-state index in [0.717, 1.165) is 49.2 Å². The van der Waals surface area contributed by atoms with Crippen molar-refractivity contribution in [3.05, 3.63) is 95.6 Å². The van der Waals surface area contributed by atoms with Crippen LogP contribution in [0.25, 0.3) is 11.1 Å². The van der Waals surface area contributed by atoms with Crippen LogP contribution in [0.4, 0.5) is 0 Å². The van der Waals surface area contributed by atoms with Crippen molar-refractivity contribution in [2.45, 2.75) is 24.9 Å². The van der Waals surface area contributed by atoms with Crippen LogP contribution in [-0.2, 0) is 19.9 Å². The highest BCUT2D eigenvalue weighted by atomic mass is 16.5. The summed E-state index contributed by atoms with van der Waals surface area (Å²) >= 11 is 0. The van der Waals surface area contributed by atoms with Crippen molar-refractivity contribution >= 4 is 18.2 Å². The molecule has 1 unspecified atom stereocenters. The molecule has 7 heteroatoms. The summed E-state index contributed by atoms with van der Waals surface area (Å²) < 4.78 is 5.71. The van der Waals surface area contributed by atoms with Gasteiger partial charge in [-0.2, -0.15) is 0 Å². The lowest BCUT2D eigenvalue weighted by atomic mass is 9.91. The van der Waals surface area contributed by atoms with Gasteiger partial charge < -0.3 is 19.8 Å². The quantitative estimate of drug-likeness (QED) is 0.272. The Bertz CT molecular complexity index is 1200. The van der Waals surface area contributed by atoms with Crippen LogP contribution in [0, 0.1) is 5.92 Å². The molecule has 2 N–H and O–H groups in total. The van der Waals surface area contributed by atoms with Crippen LogP contribution in [0.1, 0.15) is 40.7 Å². The molecule has 1 aliphatic heterocycles. The summed E-state index contributed by atoms with van der Waals surface area (Å²) in [6.45, 7) is 2.65. The summed E-state index contributed by atoms with van der Waals surface area (Å²) in [5.41, 5.74) is 1.89. The van der Waals surface area contributed by atoms with E-state index in [1.165, 1.54) is 0 Å². The normalized spacial score (nSPS) is 17.2. The Hall–Kier alpha value is -3.81. The Kier molecular flexibility index (Phi) is 8.48. The molecule has 1 fully saturated rings. The molecule has 37 heavy (non-hydrogen) atoms. The van der Waals surface area contributed by atoms with Crippen LogP contribution in [0.15, 0.2) is 78.9 Å². The number of aliphatic hydroxyl groups is 1. The first-order chi connectivity index (χ1) is 18.0. The molecule has 0 aromatic heterocycles. The Morgan fingerprint density at radius 1 is 0.946 bits per heavy atom. The molecule has 0 spiro atoms. The second-order valence-electron chi connectivity index (χ2n) is 9.35. The number of carboxylic acid groups (broad SMARTS) is 1. The van der Waals surface area contributed by atoms with Gasteiger partial charge in [0.25, 0.3) is 6.47 Å². The molecule has 2 aliphatic rings. The zero-order valence-electron chi connectivity index (χ0n) is 20.6. The Balaban J connectivity index is 0.00000102. The number of hydrogen-bond donors (Lipinski definition) is 2. The van der Waals surface area contributed by atoms with E-state index < -0.39 is 11.6 Å². The van der Waals surface area contributed by atoms with E-state index in [-0.39, 0.29) is 24.8 Å². The van der Waals surface area contributed by atoms with E-state index in [1.807, 2.05) is 66.7 Å². The maximum Gasteiger partial charge on any atom is 0.347 e. The van der Waals surface area contributed by atoms with E-state index in [9.17, 15) is 14.7 Å². The highest BCUT2D eigenvalue weighted by Gasteiger charge is 2.49. The number of benzene rings is 3. The number of likely N-dealkylation sites (tertiary alicyclic amines) is 1. The summed E-state index contributed by atoms with van der Waals surface area (Å²) in [5.74, 6) is -0.211. The van der Waals surface area contributed by atoms with Gasteiger partial charge in [0.05, 0.1) is 6.61 Å². The van der Waals surface area contributed by atoms with Crippen LogP contribution in [-0.4, -0.2) is 59.6 Å². The first kappa shape index (κ1) is 26.3. The van der Waals surface area contributed by atoms with Gasteiger partial charge in [0.15, 0.2) is 5.78 Å². The Labute approximate surface area is 216 Å². The van der Waals surface area contributed by atoms with Gasteiger partial charge in [0.2, 0.25) is 5.60 Å². The number of ether oxygens (including phenoxy) is 1. The number of Topliss-reactive ketones (excluding diaryl/α,β-unsaturated/α-hetero) is 1. The van der Waals surface area contributed by atoms with Gasteiger partial charge in [0, 0.05) is 35.6 Å². The monoisotopic (exact) mass is 501 g/mol. The van der Waals surface area contributed by atoms with E-state index in [4.69, 9.17) is 14.6 Å². The van der Waals surface area contributed by atoms with Gasteiger partial charge in [-0.1, -0.05) is 78.9 Å². The third-order valence-electron chi connectivity index (χ3n) is 7.01. The number of esters is 1. The second-order valence-corrected chi connectivity index (χ2v) is 9.35. The van der Waals surface area contributed by atoms with Crippen LogP contribution < -0.4 is 0 Å². The molecule has 0 amide bonds. The highest BCUT2D eigenvalue weighted by molar-refractivity contribution is 5.96. The minimum Gasteiger partial charge on any atom is -0.483 e. The summed E-state index contributed by atoms with van der Waals surface area (Å²) in [5, 5.41) is 18.4. The number of carbonyl (C=O) groups is 3. The molecule has 5 rings (SSSR count). The number of nitrogens with zero attached hydrogens (tertiary/aromatic N) is 1. The standard InChI is InChI=1S/C29H29NO4.CH2O2/c31-27(22-9-2-1-3-10-22)15-8-17-30-18-16-21(19-30)20-34-28(32)29(33)25-13-6-4-11-23(25)24-12-5-7-14-26(24)29;2-1-3/h1-7,9-14,21,33H,8,15-20H2;1H,(H,2,3). The third kappa shape index (κ3) is 5.63. The van der Waals surface area contributed by atoms with Gasteiger partial charge in [-0.3, -0.25) is 9.59 Å². The zero-order chi connectivity index (χ0) is 26.3. The summed E-state index contributed by atoms with van der Waals surface area (Å²) in [6, 6.07) is 24.3. The molecule has 3 aromatic rings. The lowest BCUT2D eigenvalue weighted by Crippen LogP contribution is -2.37. The van der Waals surface area contributed by atoms with Crippen molar-refractivity contribution < 1.29 is 29.3 Å². The first-order valence-corrected chi connectivity index (χ1v) is 12.5. The molecule has 1 saturated heterocycles. The average Bonchev–Trinajstić information content (AvgIpc) is 3.49. The molecule has 0 saturated carbocycles. The average molecular weight is 502 g/mol. The summed E-state index contributed by atoms with van der Waals surface area (Å²) in [4.78, 5) is 36.2. The van der Waals surface area contributed by atoms with Crippen LogP contribution >= 0.6 is 0 Å². The Morgan fingerprint density at radius 2 is 1.51 bits per heavy atom. The summed E-state index contributed by atoms with van der Waals surface area (Å²) in [6.07, 6.45) is 2.28. The highest BCUT2D eigenvalue weighted by Crippen LogP contribution is 2.47. The van der Waals surface area contributed by atoms with Crippen molar-refractivity contribution in [3.63, 3.8) is 0 Å². The predicted molar refractivity (Wildman–Crippen MR) is 139 cm³/mol. The number of fused-ring (bicyclic) bond motifs is 3. The number of hydrogen-bond acceptors (Lipinski definition) is 6. The van der Waals surface area contributed by atoms with E-state index in [2.05, 4.69) is 4.90 Å². The van der Waals surface area contributed by atoms with Crippen LogP contribution in [0.5, 0.6) is 0 Å². The molecule has 7 nitrogen and oxygen atoms in total. The minimum absolute atomic E-state index is 0.177. The molecule has 0 bridgehead atoms. The van der Waals surface area contributed by atoms with Gasteiger partial charge in [-0.05, 0) is 37.1 Å². The molecular formula is C30H31NO6. The van der Waals surface area contributed by atoms with Gasteiger partial charge >= 0.3 is 5.97 Å². The van der Waals surface area contributed by atoms with E-state index in [1.54, 1.807) is 12.1 Å². The van der Waals surface area contributed by atoms with Crippen molar-refractivity contribution in [1.29, 1.82) is 0 Å². The maximum atomic E-state index is 13.2. The number of rotatable bonds is 8. The third-order valence-corrected chi connectivity index (χ3v) is 7.01. The fraction of sp³-hybridized carbons (Fsp3) is 0.300. The molecule has 3 aromatic carbocycles. The molecule has 1 heterocycles. The second kappa shape index (κ2) is 12.0. The Morgan fingerprint density at radius 3 is 2.14 bits per heavy atom. The van der Waals surface area contributed by atoms with Crippen molar-refractivity contribution in [3.8, 4) is 11.1 Å². The van der Waals surface area contributed by atoms with Gasteiger partial charge in [-0.15, -0.1) is 0 Å². The number of ketones is 1. The lowest BCUT2D eigenvalue weighted by Gasteiger charge is -2.24. The molecule has 192 valence electrons. The predicted octanol–water partition coefficient (Wildman–Crippen LogP) is 4.13. The van der Waals surface area contributed by atoms with Crippen molar-refractivity contribution in [1.82, 2.24) is 4.90 Å². The summed E-state index contributed by atoms with van der Waals surface area (Å²) in [7, 11) is 0. The fourth-order valence-electron chi connectivity index (χ4n) is 5.21. The SMILES string of the molecule is O=C(CCCN1CCC(COC(=O)C2(O)c3ccccc3-c3ccccc32)C1)c1ccccc1.O=CO. The first-order valence-electron chi connectivity index (χ1n) is 12.5. The van der Waals surface area contributed by atoms with E-state index >= 15 is 0 Å². The number of carbonyl (C=O) groups excluding carboxylic acids is 2.